The summed E-state index contributed by atoms with van der Waals surface area (Å²) in [6, 6.07) is 4.02. The first-order valence-electron chi connectivity index (χ1n) is 5.67. The van der Waals surface area contributed by atoms with Gasteiger partial charge in [-0.25, -0.2) is 0 Å². The number of rotatable bonds is 3. The Balaban J connectivity index is 2.30. The summed E-state index contributed by atoms with van der Waals surface area (Å²) in [5.41, 5.74) is 5.94. The summed E-state index contributed by atoms with van der Waals surface area (Å²) >= 11 is 0. The Morgan fingerprint density at radius 3 is 2.41 bits per heavy atom. The normalized spacial score (nSPS) is 16.0. The minimum atomic E-state index is -4.33. The Morgan fingerprint density at radius 1 is 1.35 bits per heavy atom. The lowest BCUT2D eigenvalue weighted by Crippen LogP contribution is -2.26. The van der Waals surface area contributed by atoms with Crippen LogP contribution in [0.1, 0.15) is 25.3 Å². The van der Waals surface area contributed by atoms with Gasteiger partial charge in [-0.2, -0.15) is 13.2 Å². The zero-order valence-corrected chi connectivity index (χ0v) is 9.59. The van der Waals surface area contributed by atoms with Crippen LogP contribution >= 0.6 is 0 Å². The van der Waals surface area contributed by atoms with Crippen molar-refractivity contribution in [3.8, 4) is 0 Å². The third-order valence-corrected chi connectivity index (χ3v) is 2.99. The fraction of sp³-hybridized carbons (Fsp3) is 0.500. The molecule has 2 N–H and O–H groups in total. The van der Waals surface area contributed by atoms with Crippen LogP contribution in [0.5, 0.6) is 0 Å². The molecule has 0 atom stereocenters. The van der Waals surface area contributed by atoms with E-state index >= 15 is 0 Å². The van der Waals surface area contributed by atoms with Crippen LogP contribution in [-0.2, 0) is 6.18 Å². The Morgan fingerprint density at radius 2 is 2.00 bits per heavy atom. The van der Waals surface area contributed by atoms with E-state index in [1.165, 1.54) is 6.07 Å². The van der Waals surface area contributed by atoms with Gasteiger partial charge in [-0.3, -0.25) is 0 Å². The number of nitrogens with two attached hydrogens (primary N) is 1. The third kappa shape index (κ3) is 2.48. The molecule has 1 aromatic rings. The summed E-state index contributed by atoms with van der Waals surface area (Å²) in [5.74, 6) is 0. The molecule has 0 bridgehead atoms. The molecule has 5 heteroatoms. The van der Waals surface area contributed by atoms with E-state index in [2.05, 4.69) is 4.90 Å². The lowest BCUT2D eigenvalue weighted by atomic mass is 10.1. The first-order valence-corrected chi connectivity index (χ1v) is 5.67. The van der Waals surface area contributed by atoms with Crippen LogP contribution in [0.25, 0.3) is 0 Å². The van der Waals surface area contributed by atoms with E-state index in [0.29, 0.717) is 11.7 Å². The highest BCUT2D eigenvalue weighted by molar-refractivity contribution is 5.69. The van der Waals surface area contributed by atoms with Gasteiger partial charge in [0.25, 0.3) is 0 Å². The van der Waals surface area contributed by atoms with Crippen molar-refractivity contribution in [1.29, 1.82) is 0 Å². The predicted molar refractivity (Wildman–Crippen MR) is 61.9 cm³/mol. The molecule has 0 heterocycles. The maximum absolute atomic E-state index is 12.5. The van der Waals surface area contributed by atoms with E-state index in [4.69, 9.17) is 5.73 Å². The van der Waals surface area contributed by atoms with Crippen LogP contribution < -0.4 is 10.6 Å². The second kappa shape index (κ2) is 4.13. The Bertz CT molecular complexity index is 411. The highest BCUT2D eigenvalue weighted by Crippen LogP contribution is 2.37. The summed E-state index contributed by atoms with van der Waals surface area (Å²) in [6.45, 7) is 2.75. The number of benzene rings is 1. The Kier molecular flexibility index (Phi) is 2.93. The third-order valence-electron chi connectivity index (χ3n) is 2.99. The second-order valence-corrected chi connectivity index (χ2v) is 4.29. The fourth-order valence-corrected chi connectivity index (χ4v) is 2.00. The molecule has 1 aromatic carbocycles. The van der Waals surface area contributed by atoms with Crippen molar-refractivity contribution in [2.75, 3.05) is 17.2 Å². The molecule has 94 valence electrons. The Labute approximate surface area is 98.2 Å². The number of anilines is 2. The van der Waals surface area contributed by atoms with Crippen molar-refractivity contribution in [3.63, 3.8) is 0 Å². The molecule has 0 radical (unpaired) electrons. The number of halogens is 3. The smallest absolute Gasteiger partial charge is 0.397 e. The van der Waals surface area contributed by atoms with Crippen molar-refractivity contribution in [3.05, 3.63) is 23.8 Å². The molecule has 0 aliphatic heterocycles. The monoisotopic (exact) mass is 244 g/mol. The van der Waals surface area contributed by atoms with Gasteiger partial charge in [0.2, 0.25) is 0 Å². The van der Waals surface area contributed by atoms with E-state index in [0.717, 1.165) is 31.5 Å². The van der Waals surface area contributed by atoms with Gasteiger partial charge < -0.3 is 10.6 Å². The van der Waals surface area contributed by atoms with Gasteiger partial charge in [-0.15, -0.1) is 0 Å². The zero-order chi connectivity index (χ0) is 12.6. The van der Waals surface area contributed by atoms with Crippen molar-refractivity contribution >= 4 is 11.4 Å². The lowest BCUT2D eigenvalue weighted by Gasteiger charge is -2.25. The van der Waals surface area contributed by atoms with E-state index in [1.807, 2.05) is 6.92 Å². The van der Waals surface area contributed by atoms with Gasteiger partial charge >= 0.3 is 6.18 Å². The molecule has 0 saturated heterocycles. The highest BCUT2D eigenvalue weighted by atomic mass is 19.4. The molecule has 17 heavy (non-hydrogen) atoms. The maximum atomic E-state index is 12.5. The number of nitrogen functional groups attached to an aromatic ring is 1. The molecule has 1 saturated carbocycles. The minimum absolute atomic E-state index is 0.202. The molecular weight excluding hydrogens is 229 g/mol. The minimum Gasteiger partial charge on any atom is -0.397 e. The average Bonchev–Trinajstić information content (AvgIpc) is 3.04. The second-order valence-electron chi connectivity index (χ2n) is 4.29. The van der Waals surface area contributed by atoms with Gasteiger partial charge in [0.15, 0.2) is 0 Å². The SMILES string of the molecule is CCN(c1ccc(C(F)(F)F)cc1N)C1CC1. The number of hydrogen-bond donors (Lipinski definition) is 1. The van der Waals surface area contributed by atoms with Crippen LogP contribution in [-0.4, -0.2) is 12.6 Å². The summed E-state index contributed by atoms with van der Waals surface area (Å²) < 4.78 is 37.5. The van der Waals surface area contributed by atoms with Gasteiger partial charge in [0, 0.05) is 12.6 Å². The zero-order valence-electron chi connectivity index (χ0n) is 9.59. The molecule has 0 unspecified atom stereocenters. The number of alkyl halides is 3. The van der Waals surface area contributed by atoms with E-state index < -0.39 is 11.7 Å². The quantitative estimate of drug-likeness (QED) is 0.827. The van der Waals surface area contributed by atoms with E-state index in [9.17, 15) is 13.2 Å². The molecule has 1 fully saturated rings. The number of hydrogen-bond acceptors (Lipinski definition) is 2. The van der Waals surface area contributed by atoms with Crippen LogP contribution in [0.3, 0.4) is 0 Å². The lowest BCUT2D eigenvalue weighted by molar-refractivity contribution is -0.137. The largest absolute Gasteiger partial charge is 0.416 e. The van der Waals surface area contributed by atoms with E-state index in [-0.39, 0.29) is 5.69 Å². The van der Waals surface area contributed by atoms with Crippen molar-refractivity contribution in [2.24, 2.45) is 0 Å². The van der Waals surface area contributed by atoms with Crippen molar-refractivity contribution < 1.29 is 13.2 Å². The molecule has 2 nitrogen and oxygen atoms in total. The molecule has 1 aliphatic carbocycles. The van der Waals surface area contributed by atoms with Crippen molar-refractivity contribution in [2.45, 2.75) is 32.0 Å². The van der Waals surface area contributed by atoms with Gasteiger partial charge in [-0.1, -0.05) is 0 Å². The Hall–Kier alpha value is -1.39. The molecule has 0 spiro atoms. The maximum Gasteiger partial charge on any atom is 0.416 e. The van der Waals surface area contributed by atoms with E-state index in [1.54, 1.807) is 0 Å². The van der Waals surface area contributed by atoms with Crippen LogP contribution in [0.4, 0.5) is 24.5 Å². The summed E-state index contributed by atoms with van der Waals surface area (Å²) in [5, 5.41) is 0. The summed E-state index contributed by atoms with van der Waals surface area (Å²) in [7, 11) is 0. The molecule has 2 rings (SSSR count). The van der Waals surface area contributed by atoms with Gasteiger partial charge in [0.05, 0.1) is 16.9 Å². The van der Waals surface area contributed by atoms with Gasteiger partial charge in [0.1, 0.15) is 0 Å². The predicted octanol–water partition coefficient (Wildman–Crippen LogP) is 3.28. The summed E-state index contributed by atoms with van der Waals surface area (Å²) in [4.78, 5) is 2.06. The molecule has 0 amide bonds. The van der Waals surface area contributed by atoms with Crippen LogP contribution in [0.15, 0.2) is 18.2 Å². The highest BCUT2D eigenvalue weighted by Gasteiger charge is 2.33. The topological polar surface area (TPSA) is 29.3 Å². The molecular formula is C12H15F3N2. The van der Waals surface area contributed by atoms with Crippen LogP contribution in [0, 0.1) is 0 Å². The average molecular weight is 244 g/mol. The summed E-state index contributed by atoms with van der Waals surface area (Å²) in [6.07, 6.45) is -2.15. The number of nitrogens with zero attached hydrogens (tertiary/aromatic N) is 1. The fourth-order valence-electron chi connectivity index (χ4n) is 2.00. The van der Waals surface area contributed by atoms with Gasteiger partial charge in [-0.05, 0) is 38.0 Å². The molecule has 1 aliphatic rings. The standard InChI is InChI=1S/C12H15F3N2/c1-2-17(9-4-5-9)11-6-3-8(7-10(11)16)12(13,14)15/h3,6-7,9H,2,4-5,16H2,1H3. The first kappa shape index (κ1) is 12.1. The van der Waals surface area contributed by atoms with Crippen LogP contribution in [0.2, 0.25) is 0 Å². The van der Waals surface area contributed by atoms with Crippen molar-refractivity contribution in [1.82, 2.24) is 0 Å². The molecule has 0 aromatic heterocycles. The first-order chi connectivity index (χ1) is 7.93.